The standard InChI is InChI=1S/C24H16O3/c25-23-21-19(15-9-3-1-4-10-15)17-13-7-8-14-18(17)20(22(21)24(26)27-23)16-11-5-2-6-12-16/h1-14,19,21H/t19-,21-/m1/s1. The third kappa shape index (κ3) is 2.36. The molecule has 1 aliphatic carbocycles. The highest BCUT2D eigenvalue weighted by atomic mass is 16.6. The lowest BCUT2D eigenvalue weighted by Gasteiger charge is -2.31. The van der Waals surface area contributed by atoms with Crippen LogP contribution >= 0.6 is 0 Å². The molecule has 1 heterocycles. The van der Waals surface area contributed by atoms with Crippen molar-refractivity contribution in [2.75, 3.05) is 0 Å². The number of hydrogen-bond donors (Lipinski definition) is 0. The van der Waals surface area contributed by atoms with Crippen LogP contribution in [0.1, 0.15) is 28.2 Å². The van der Waals surface area contributed by atoms with Crippen LogP contribution in [0, 0.1) is 5.92 Å². The molecule has 0 aromatic heterocycles. The minimum atomic E-state index is -0.620. The first-order valence-electron chi connectivity index (χ1n) is 8.95. The fraction of sp³-hybridized carbons (Fsp3) is 0.0833. The SMILES string of the molecule is O=C1OC(=O)[C@H]2C1=C(c1ccccc1)c1ccccc1[C@H]2c1ccccc1. The smallest absolute Gasteiger partial charge is 0.343 e. The molecule has 2 atom stereocenters. The number of ether oxygens (including phenoxy) is 1. The zero-order valence-corrected chi connectivity index (χ0v) is 14.5. The third-order valence-electron chi connectivity index (χ3n) is 5.37. The van der Waals surface area contributed by atoms with Gasteiger partial charge in [0.15, 0.2) is 0 Å². The highest BCUT2D eigenvalue weighted by molar-refractivity contribution is 6.16. The van der Waals surface area contributed by atoms with Crippen molar-refractivity contribution >= 4 is 17.5 Å². The van der Waals surface area contributed by atoms with Gasteiger partial charge in [-0.1, -0.05) is 84.9 Å². The zero-order chi connectivity index (χ0) is 18.4. The number of fused-ring (bicyclic) bond motifs is 2. The molecule has 0 radical (unpaired) electrons. The van der Waals surface area contributed by atoms with Gasteiger partial charge in [-0.15, -0.1) is 0 Å². The maximum absolute atomic E-state index is 12.7. The Balaban J connectivity index is 1.85. The molecule has 1 aliphatic heterocycles. The van der Waals surface area contributed by atoms with Crippen LogP contribution in [0.4, 0.5) is 0 Å². The normalized spacial score (nSPS) is 20.9. The average Bonchev–Trinajstić information content (AvgIpc) is 3.01. The molecule has 5 rings (SSSR count). The van der Waals surface area contributed by atoms with E-state index in [1.165, 1.54) is 0 Å². The lowest BCUT2D eigenvalue weighted by molar-refractivity contribution is -0.152. The van der Waals surface area contributed by atoms with E-state index in [2.05, 4.69) is 0 Å². The van der Waals surface area contributed by atoms with Gasteiger partial charge < -0.3 is 4.74 Å². The van der Waals surface area contributed by atoms with Gasteiger partial charge >= 0.3 is 11.9 Å². The van der Waals surface area contributed by atoms with Gasteiger partial charge in [0.2, 0.25) is 0 Å². The first-order valence-corrected chi connectivity index (χ1v) is 8.95. The zero-order valence-electron chi connectivity index (χ0n) is 14.5. The summed E-state index contributed by atoms with van der Waals surface area (Å²) in [4.78, 5) is 25.4. The summed E-state index contributed by atoms with van der Waals surface area (Å²) in [6.07, 6.45) is 0. The molecule has 3 heteroatoms. The first-order chi connectivity index (χ1) is 13.3. The molecule has 0 spiro atoms. The first kappa shape index (κ1) is 15.8. The predicted molar refractivity (Wildman–Crippen MR) is 102 cm³/mol. The lowest BCUT2D eigenvalue weighted by atomic mass is 9.68. The topological polar surface area (TPSA) is 43.4 Å². The average molecular weight is 352 g/mol. The molecule has 3 aromatic carbocycles. The van der Waals surface area contributed by atoms with E-state index in [4.69, 9.17) is 4.74 Å². The fourth-order valence-electron chi connectivity index (χ4n) is 4.28. The molecule has 3 aromatic rings. The number of hydrogen-bond acceptors (Lipinski definition) is 3. The Bertz CT molecular complexity index is 1080. The lowest BCUT2D eigenvalue weighted by Crippen LogP contribution is -2.26. The monoisotopic (exact) mass is 352 g/mol. The van der Waals surface area contributed by atoms with Gasteiger partial charge in [-0.05, 0) is 22.3 Å². The highest BCUT2D eigenvalue weighted by Gasteiger charge is 2.50. The van der Waals surface area contributed by atoms with Crippen molar-refractivity contribution in [1.82, 2.24) is 0 Å². The summed E-state index contributed by atoms with van der Waals surface area (Å²) in [6, 6.07) is 27.6. The number of rotatable bonds is 2. The number of carbonyl (C=O) groups excluding carboxylic acids is 2. The summed E-state index contributed by atoms with van der Waals surface area (Å²) in [7, 11) is 0. The van der Waals surface area contributed by atoms with Crippen LogP contribution in [0.2, 0.25) is 0 Å². The summed E-state index contributed by atoms with van der Waals surface area (Å²) < 4.78 is 5.11. The summed E-state index contributed by atoms with van der Waals surface area (Å²) in [5.41, 5.74) is 5.23. The van der Waals surface area contributed by atoms with Crippen LogP contribution in [0.15, 0.2) is 90.5 Å². The second kappa shape index (κ2) is 6.06. The second-order valence-electron chi connectivity index (χ2n) is 6.82. The summed E-state index contributed by atoms with van der Waals surface area (Å²) in [6.45, 7) is 0. The number of benzene rings is 3. The molecule has 2 aliphatic rings. The van der Waals surface area contributed by atoms with Gasteiger partial charge in [0, 0.05) is 11.5 Å². The fourth-order valence-corrected chi connectivity index (χ4v) is 4.28. The van der Waals surface area contributed by atoms with Crippen LogP contribution < -0.4 is 0 Å². The Morgan fingerprint density at radius 3 is 2.04 bits per heavy atom. The van der Waals surface area contributed by atoms with Crippen LogP contribution in [-0.4, -0.2) is 11.9 Å². The third-order valence-corrected chi connectivity index (χ3v) is 5.37. The largest absolute Gasteiger partial charge is 0.389 e. The molecule has 0 saturated carbocycles. The van der Waals surface area contributed by atoms with E-state index in [9.17, 15) is 9.59 Å². The van der Waals surface area contributed by atoms with Crippen LogP contribution in [0.3, 0.4) is 0 Å². The Morgan fingerprint density at radius 1 is 0.667 bits per heavy atom. The highest BCUT2D eigenvalue weighted by Crippen LogP contribution is 2.50. The summed E-state index contributed by atoms with van der Waals surface area (Å²) >= 11 is 0. The molecule has 0 unspecified atom stereocenters. The maximum Gasteiger partial charge on any atom is 0.343 e. The van der Waals surface area contributed by atoms with E-state index >= 15 is 0 Å². The van der Waals surface area contributed by atoms with Gasteiger partial charge in [-0.2, -0.15) is 0 Å². The van der Waals surface area contributed by atoms with Crippen molar-refractivity contribution in [3.63, 3.8) is 0 Å². The van der Waals surface area contributed by atoms with Gasteiger partial charge in [0.05, 0.1) is 5.57 Å². The molecule has 0 N–H and O–H groups in total. The van der Waals surface area contributed by atoms with E-state index in [1.54, 1.807) is 0 Å². The Labute approximate surface area is 156 Å². The molecular weight excluding hydrogens is 336 g/mol. The Hall–Kier alpha value is -3.46. The minimum Gasteiger partial charge on any atom is -0.389 e. The van der Waals surface area contributed by atoms with Gasteiger partial charge in [0.25, 0.3) is 0 Å². The van der Waals surface area contributed by atoms with E-state index in [-0.39, 0.29) is 5.92 Å². The van der Waals surface area contributed by atoms with Crippen molar-refractivity contribution in [3.05, 3.63) is 113 Å². The van der Waals surface area contributed by atoms with Crippen molar-refractivity contribution in [3.8, 4) is 0 Å². The Kier molecular flexibility index (Phi) is 3.54. The molecule has 1 saturated heterocycles. The van der Waals surface area contributed by atoms with Crippen LogP contribution in [0.5, 0.6) is 0 Å². The van der Waals surface area contributed by atoms with E-state index in [1.807, 2.05) is 84.9 Å². The number of carbonyl (C=O) groups is 2. The molecular formula is C24H16O3. The van der Waals surface area contributed by atoms with Gasteiger partial charge in [-0.3, -0.25) is 4.79 Å². The molecule has 130 valence electrons. The predicted octanol–water partition coefficient (Wildman–Crippen LogP) is 4.33. The van der Waals surface area contributed by atoms with Crippen LogP contribution in [-0.2, 0) is 14.3 Å². The molecule has 3 nitrogen and oxygen atoms in total. The van der Waals surface area contributed by atoms with Gasteiger partial charge in [0.1, 0.15) is 5.92 Å². The van der Waals surface area contributed by atoms with E-state index in [0.717, 1.165) is 27.8 Å². The van der Waals surface area contributed by atoms with Gasteiger partial charge in [-0.25, -0.2) is 4.79 Å². The molecule has 0 bridgehead atoms. The number of esters is 2. The molecule has 0 amide bonds. The van der Waals surface area contributed by atoms with Crippen molar-refractivity contribution in [2.45, 2.75) is 5.92 Å². The quantitative estimate of drug-likeness (QED) is 0.509. The second-order valence-corrected chi connectivity index (χ2v) is 6.82. The molecule has 1 fully saturated rings. The van der Waals surface area contributed by atoms with E-state index < -0.39 is 17.9 Å². The summed E-state index contributed by atoms with van der Waals surface area (Å²) in [5, 5.41) is 0. The number of cyclic esters (lactones) is 2. The van der Waals surface area contributed by atoms with Crippen molar-refractivity contribution in [2.24, 2.45) is 5.92 Å². The molecule has 27 heavy (non-hydrogen) atoms. The van der Waals surface area contributed by atoms with Crippen molar-refractivity contribution < 1.29 is 14.3 Å². The van der Waals surface area contributed by atoms with Crippen molar-refractivity contribution in [1.29, 1.82) is 0 Å². The minimum absolute atomic E-state index is 0.233. The summed E-state index contributed by atoms with van der Waals surface area (Å²) in [5.74, 6) is -1.85. The Morgan fingerprint density at radius 2 is 1.30 bits per heavy atom. The van der Waals surface area contributed by atoms with E-state index in [0.29, 0.717) is 5.57 Å². The maximum atomic E-state index is 12.7. The van der Waals surface area contributed by atoms with Crippen LogP contribution in [0.25, 0.3) is 5.57 Å².